The molecule has 1 aromatic heterocycles. The van der Waals surface area contributed by atoms with Gasteiger partial charge < -0.3 is 4.90 Å². The Labute approximate surface area is 149 Å². The molecule has 1 saturated heterocycles. The highest BCUT2D eigenvalue weighted by Gasteiger charge is 2.30. The van der Waals surface area contributed by atoms with Gasteiger partial charge in [-0.2, -0.15) is 0 Å². The Morgan fingerprint density at radius 2 is 1.88 bits per heavy atom. The summed E-state index contributed by atoms with van der Waals surface area (Å²) in [6.07, 6.45) is 1.88. The van der Waals surface area contributed by atoms with Gasteiger partial charge in [-0.05, 0) is 19.8 Å². The number of likely N-dealkylation sites (tertiary alicyclic amines) is 1. The van der Waals surface area contributed by atoms with Crippen LogP contribution in [0, 0.1) is 17.0 Å². The minimum atomic E-state index is -0.757. The molecule has 0 unspecified atom stereocenters. The van der Waals surface area contributed by atoms with Gasteiger partial charge in [0.1, 0.15) is 5.82 Å². The van der Waals surface area contributed by atoms with Crippen LogP contribution in [0.4, 0.5) is 10.1 Å². The van der Waals surface area contributed by atoms with E-state index in [-0.39, 0.29) is 16.7 Å². The number of nitrogens with zero attached hydrogens (tertiary/aromatic N) is 4. The SMILES string of the molecule is Cc1nc(Cl)c([N+](=O)[O-])c(/C(F)=C(/c2ccccc2)N2CCCC2)n1. The van der Waals surface area contributed by atoms with Crippen LogP contribution in [0.15, 0.2) is 30.3 Å². The maximum Gasteiger partial charge on any atom is 0.335 e. The highest BCUT2D eigenvalue weighted by atomic mass is 35.5. The predicted molar refractivity (Wildman–Crippen MR) is 93.6 cm³/mol. The molecule has 1 aromatic carbocycles. The summed E-state index contributed by atoms with van der Waals surface area (Å²) in [6.45, 7) is 2.89. The lowest BCUT2D eigenvalue weighted by Gasteiger charge is -2.22. The van der Waals surface area contributed by atoms with Crippen molar-refractivity contribution >= 4 is 28.8 Å². The molecule has 0 radical (unpaired) electrons. The van der Waals surface area contributed by atoms with Crippen LogP contribution >= 0.6 is 11.6 Å². The number of hydrogen-bond acceptors (Lipinski definition) is 5. The topological polar surface area (TPSA) is 72.2 Å². The number of benzene rings is 1. The van der Waals surface area contributed by atoms with Crippen LogP contribution in [0.2, 0.25) is 5.15 Å². The standard InChI is InChI=1S/C17H16ClFN4O2/c1-11-20-14(16(23(24)25)17(18)21-11)13(19)15(22-9-5-6-10-22)12-7-3-2-4-8-12/h2-4,7-8H,5-6,9-10H2,1H3/b15-13+. The third kappa shape index (κ3) is 3.46. The highest BCUT2D eigenvalue weighted by molar-refractivity contribution is 6.31. The molecule has 1 aliphatic heterocycles. The van der Waals surface area contributed by atoms with E-state index in [0.29, 0.717) is 24.4 Å². The molecule has 8 heteroatoms. The van der Waals surface area contributed by atoms with Crippen molar-refractivity contribution in [1.82, 2.24) is 14.9 Å². The van der Waals surface area contributed by atoms with Crippen molar-refractivity contribution in [3.8, 4) is 0 Å². The largest absolute Gasteiger partial charge is 0.369 e. The molecular weight excluding hydrogens is 347 g/mol. The Morgan fingerprint density at radius 1 is 1.24 bits per heavy atom. The molecule has 2 aromatic rings. The van der Waals surface area contributed by atoms with Gasteiger partial charge in [0, 0.05) is 18.7 Å². The smallest absolute Gasteiger partial charge is 0.335 e. The fourth-order valence-corrected chi connectivity index (χ4v) is 3.23. The number of halogens is 2. The van der Waals surface area contributed by atoms with Crippen molar-refractivity contribution in [3.05, 3.63) is 62.7 Å². The van der Waals surface area contributed by atoms with Gasteiger partial charge in [0.15, 0.2) is 11.5 Å². The first kappa shape index (κ1) is 17.3. The zero-order valence-corrected chi connectivity index (χ0v) is 14.3. The summed E-state index contributed by atoms with van der Waals surface area (Å²) in [5.74, 6) is -0.582. The molecule has 0 saturated carbocycles. The number of rotatable bonds is 4. The monoisotopic (exact) mass is 362 g/mol. The third-order valence-corrected chi connectivity index (χ3v) is 4.28. The maximum atomic E-state index is 15.5. The zero-order valence-electron chi connectivity index (χ0n) is 13.6. The molecular formula is C17H16ClFN4O2. The van der Waals surface area contributed by atoms with Gasteiger partial charge in [0.05, 0.1) is 10.6 Å². The maximum absolute atomic E-state index is 15.5. The summed E-state index contributed by atoms with van der Waals surface area (Å²) < 4.78 is 15.5. The summed E-state index contributed by atoms with van der Waals surface area (Å²) in [4.78, 5) is 20.3. The molecule has 6 nitrogen and oxygen atoms in total. The number of aryl methyl sites for hydroxylation is 1. The summed E-state index contributed by atoms with van der Waals surface area (Å²) in [5.41, 5.74) is -0.0513. The van der Waals surface area contributed by atoms with E-state index in [9.17, 15) is 10.1 Å². The third-order valence-electron chi connectivity index (χ3n) is 4.02. The summed E-state index contributed by atoms with van der Waals surface area (Å²) in [7, 11) is 0. The Balaban J connectivity index is 2.26. The molecule has 130 valence electrons. The van der Waals surface area contributed by atoms with Crippen molar-refractivity contribution in [2.75, 3.05) is 13.1 Å². The van der Waals surface area contributed by atoms with E-state index in [0.717, 1.165) is 12.8 Å². The van der Waals surface area contributed by atoms with Gasteiger partial charge in [0.2, 0.25) is 5.15 Å². The lowest BCUT2D eigenvalue weighted by Crippen LogP contribution is -2.19. The van der Waals surface area contributed by atoms with Crippen molar-refractivity contribution in [3.63, 3.8) is 0 Å². The fraction of sp³-hybridized carbons (Fsp3) is 0.294. The quantitative estimate of drug-likeness (QED) is 0.462. The second kappa shape index (κ2) is 7.14. The minimum Gasteiger partial charge on any atom is -0.369 e. The van der Waals surface area contributed by atoms with Gasteiger partial charge in [-0.25, -0.2) is 14.4 Å². The Kier molecular flexibility index (Phi) is 4.94. The summed E-state index contributed by atoms with van der Waals surface area (Å²) in [6, 6.07) is 8.97. The van der Waals surface area contributed by atoms with E-state index in [1.54, 1.807) is 24.3 Å². The zero-order chi connectivity index (χ0) is 18.0. The van der Waals surface area contributed by atoms with E-state index < -0.39 is 16.4 Å². The lowest BCUT2D eigenvalue weighted by atomic mass is 10.1. The first-order valence-corrected chi connectivity index (χ1v) is 8.26. The molecule has 25 heavy (non-hydrogen) atoms. The molecule has 0 atom stereocenters. The molecule has 0 amide bonds. The molecule has 1 aliphatic rings. The molecule has 1 fully saturated rings. The van der Waals surface area contributed by atoms with Crippen LogP contribution < -0.4 is 0 Å². The first-order valence-electron chi connectivity index (χ1n) is 7.88. The Hall–Kier alpha value is -2.54. The molecule has 0 bridgehead atoms. The average Bonchev–Trinajstić information content (AvgIpc) is 3.09. The van der Waals surface area contributed by atoms with Crippen molar-refractivity contribution in [2.24, 2.45) is 0 Å². The van der Waals surface area contributed by atoms with Crippen molar-refractivity contribution in [2.45, 2.75) is 19.8 Å². The van der Waals surface area contributed by atoms with E-state index in [1.165, 1.54) is 6.92 Å². The van der Waals surface area contributed by atoms with Gasteiger partial charge in [0.25, 0.3) is 0 Å². The van der Waals surface area contributed by atoms with Crippen LogP contribution in [0.25, 0.3) is 11.5 Å². The van der Waals surface area contributed by atoms with Crippen LogP contribution in [0.1, 0.15) is 29.9 Å². The average molecular weight is 363 g/mol. The van der Waals surface area contributed by atoms with Gasteiger partial charge in [-0.15, -0.1) is 0 Å². The van der Waals surface area contributed by atoms with Gasteiger partial charge >= 0.3 is 5.69 Å². The van der Waals surface area contributed by atoms with Gasteiger partial charge in [-0.3, -0.25) is 10.1 Å². The number of aromatic nitrogens is 2. The summed E-state index contributed by atoms with van der Waals surface area (Å²) in [5, 5.41) is 11.0. The van der Waals surface area contributed by atoms with Gasteiger partial charge in [-0.1, -0.05) is 41.9 Å². The molecule has 3 rings (SSSR count). The molecule has 0 N–H and O–H groups in total. The number of nitro groups is 1. The molecule has 0 aliphatic carbocycles. The highest BCUT2D eigenvalue weighted by Crippen LogP contribution is 2.37. The van der Waals surface area contributed by atoms with E-state index in [4.69, 9.17) is 11.6 Å². The molecule has 2 heterocycles. The van der Waals surface area contributed by atoms with E-state index in [1.807, 2.05) is 11.0 Å². The lowest BCUT2D eigenvalue weighted by molar-refractivity contribution is -0.385. The van der Waals surface area contributed by atoms with Crippen LogP contribution in [0.5, 0.6) is 0 Å². The van der Waals surface area contributed by atoms with E-state index >= 15 is 4.39 Å². The predicted octanol–water partition coefficient (Wildman–Crippen LogP) is 4.24. The Morgan fingerprint density at radius 3 is 2.48 bits per heavy atom. The van der Waals surface area contributed by atoms with Crippen LogP contribution in [-0.2, 0) is 0 Å². The van der Waals surface area contributed by atoms with Crippen LogP contribution in [0.3, 0.4) is 0 Å². The van der Waals surface area contributed by atoms with E-state index in [2.05, 4.69) is 9.97 Å². The second-order valence-corrected chi connectivity index (χ2v) is 6.10. The molecule has 0 spiro atoms. The normalized spacial score (nSPS) is 15.2. The second-order valence-electron chi connectivity index (χ2n) is 5.74. The number of hydrogen-bond donors (Lipinski definition) is 0. The van der Waals surface area contributed by atoms with Crippen molar-refractivity contribution < 1.29 is 9.31 Å². The minimum absolute atomic E-state index is 0.176. The fourth-order valence-electron chi connectivity index (χ4n) is 2.94. The summed E-state index contributed by atoms with van der Waals surface area (Å²) >= 11 is 5.89. The van der Waals surface area contributed by atoms with Crippen LogP contribution in [-0.4, -0.2) is 32.9 Å². The Bertz CT molecular complexity index is 836. The first-order chi connectivity index (χ1) is 12.0. The van der Waals surface area contributed by atoms with Crippen molar-refractivity contribution in [1.29, 1.82) is 0 Å².